The van der Waals surface area contributed by atoms with Crippen LogP contribution in [-0.2, 0) is 6.54 Å². The Hall–Kier alpha value is -2.49. The van der Waals surface area contributed by atoms with Gasteiger partial charge in [0.05, 0.1) is 12.7 Å². The molecule has 0 aliphatic rings. The fraction of sp³-hybridized carbons (Fsp3) is 0.133. The molecule has 0 radical (unpaired) electrons. The number of rotatable bonds is 4. The van der Waals surface area contributed by atoms with E-state index in [1.165, 1.54) is 0 Å². The van der Waals surface area contributed by atoms with Crippen molar-refractivity contribution in [3.8, 4) is 5.75 Å². The molecule has 0 fully saturated rings. The highest BCUT2D eigenvalue weighted by molar-refractivity contribution is 5.96. The molecule has 4 nitrogen and oxygen atoms in total. The number of benzene rings is 2. The summed E-state index contributed by atoms with van der Waals surface area (Å²) < 4.78 is 5.16. The average molecular weight is 256 g/mol. The van der Waals surface area contributed by atoms with E-state index in [-0.39, 0.29) is 5.91 Å². The third-order valence-corrected chi connectivity index (χ3v) is 2.78. The molecule has 0 heterocycles. The number of nitrogens with one attached hydrogen (secondary N) is 1. The number of hydrogen-bond donors (Lipinski definition) is 2. The van der Waals surface area contributed by atoms with Crippen molar-refractivity contribution in [1.29, 1.82) is 0 Å². The molecule has 0 aliphatic heterocycles. The summed E-state index contributed by atoms with van der Waals surface area (Å²) in [5.41, 5.74) is 7.84. The van der Waals surface area contributed by atoms with E-state index in [1.807, 2.05) is 30.3 Å². The van der Waals surface area contributed by atoms with Crippen molar-refractivity contribution in [2.45, 2.75) is 6.54 Å². The monoisotopic (exact) mass is 256 g/mol. The Morgan fingerprint density at radius 3 is 2.53 bits per heavy atom. The van der Waals surface area contributed by atoms with Gasteiger partial charge in [0, 0.05) is 12.2 Å². The summed E-state index contributed by atoms with van der Waals surface area (Å²) in [4.78, 5) is 12.0. The minimum atomic E-state index is -0.158. The lowest BCUT2D eigenvalue weighted by Gasteiger charge is -2.09. The predicted molar refractivity (Wildman–Crippen MR) is 75.0 cm³/mol. The minimum absolute atomic E-state index is 0.158. The molecule has 4 heteroatoms. The van der Waals surface area contributed by atoms with Crippen LogP contribution in [0.4, 0.5) is 5.69 Å². The standard InChI is InChI=1S/C15H16N2O2/c1-19-14-5-3-2-4-13(14)15(18)17-10-11-6-8-12(16)9-7-11/h2-9H,10,16H2,1H3,(H,17,18). The van der Waals surface area contributed by atoms with Crippen LogP contribution in [-0.4, -0.2) is 13.0 Å². The van der Waals surface area contributed by atoms with Gasteiger partial charge in [0.2, 0.25) is 0 Å². The van der Waals surface area contributed by atoms with E-state index in [9.17, 15) is 4.79 Å². The van der Waals surface area contributed by atoms with Crippen LogP contribution in [0.15, 0.2) is 48.5 Å². The Bertz CT molecular complexity index is 565. The Labute approximate surface area is 112 Å². The second-order valence-electron chi connectivity index (χ2n) is 4.12. The van der Waals surface area contributed by atoms with Gasteiger partial charge in [0.25, 0.3) is 5.91 Å². The highest BCUT2D eigenvalue weighted by Gasteiger charge is 2.10. The van der Waals surface area contributed by atoms with E-state index in [2.05, 4.69) is 5.32 Å². The highest BCUT2D eigenvalue weighted by atomic mass is 16.5. The zero-order valence-corrected chi connectivity index (χ0v) is 10.7. The molecule has 0 saturated heterocycles. The van der Waals surface area contributed by atoms with Crippen molar-refractivity contribution in [2.75, 3.05) is 12.8 Å². The maximum Gasteiger partial charge on any atom is 0.255 e. The van der Waals surface area contributed by atoms with E-state index < -0.39 is 0 Å². The van der Waals surface area contributed by atoms with Gasteiger partial charge in [-0.2, -0.15) is 0 Å². The number of carbonyl (C=O) groups excluding carboxylic acids is 1. The lowest BCUT2D eigenvalue weighted by Crippen LogP contribution is -2.23. The van der Waals surface area contributed by atoms with Crippen LogP contribution in [0.5, 0.6) is 5.75 Å². The first-order valence-corrected chi connectivity index (χ1v) is 5.96. The highest BCUT2D eigenvalue weighted by Crippen LogP contribution is 2.17. The Kier molecular flexibility index (Phi) is 4.03. The lowest BCUT2D eigenvalue weighted by molar-refractivity contribution is 0.0948. The molecular formula is C15H16N2O2. The number of amides is 1. The minimum Gasteiger partial charge on any atom is -0.496 e. The van der Waals surface area contributed by atoms with Gasteiger partial charge in [0.1, 0.15) is 5.75 Å². The predicted octanol–water partition coefficient (Wildman–Crippen LogP) is 2.21. The normalized spacial score (nSPS) is 9.95. The largest absolute Gasteiger partial charge is 0.496 e. The van der Waals surface area contributed by atoms with Gasteiger partial charge in [-0.25, -0.2) is 0 Å². The molecule has 0 saturated carbocycles. The topological polar surface area (TPSA) is 64.3 Å². The van der Waals surface area contributed by atoms with Crippen LogP contribution >= 0.6 is 0 Å². The van der Waals surface area contributed by atoms with Gasteiger partial charge in [-0.05, 0) is 29.8 Å². The number of anilines is 1. The zero-order chi connectivity index (χ0) is 13.7. The van der Waals surface area contributed by atoms with Gasteiger partial charge in [-0.15, -0.1) is 0 Å². The van der Waals surface area contributed by atoms with Gasteiger partial charge < -0.3 is 15.8 Å². The molecule has 0 spiro atoms. The second-order valence-corrected chi connectivity index (χ2v) is 4.12. The SMILES string of the molecule is COc1ccccc1C(=O)NCc1ccc(N)cc1. The maximum absolute atomic E-state index is 12.0. The van der Waals surface area contributed by atoms with Crippen molar-refractivity contribution >= 4 is 11.6 Å². The first-order valence-electron chi connectivity index (χ1n) is 5.96. The summed E-state index contributed by atoms with van der Waals surface area (Å²) in [6, 6.07) is 14.5. The summed E-state index contributed by atoms with van der Waals surface area (Å²) in [6.07, 6.45) is 0. The van der Waals surface area contributed by atoms with Crippen molar-refractivity contribution < 1.29 is 9.53 Å². The summed E-state index contributed by atoms with van der Waals surface area (Å²) in [5, 5.41) is 2.85. The summed E-state index contributed by atoms with van der Waals surface area (Å²) in [7, 11) is 1.55. The quantitative estimate of drug-likeness (QED) is 0.824. The van der Waals surface area contributed by atoms with Crippen LogP contribution in [0.2, 0.25) is 0 Å². The molecule has 0 unspecified atom stereocenters. The smallest absolute Gasteiger partial charge is 0.255 e. The number of methoxy groups -OCH3 is 1. The van der Waals surface area contributed by atoms with Gasteiger partial charge in [-0.1, -0.05) is 24.3 Å². The molecule has 0 atom stereocenters. The lowest BCUT2D eigenvalue weighted by atomic mass is 10.1. The van der Waals surface area contributed by atoms with E-state index >= 15 is 0 Å². The van der Waals surface area contributed by atoms with Gasteiger partial charge >= 0.3 is 0 Å². The number of carbonyl (C=O) groups is 1. The van der Waals surface area contributed by atoms with Crippen LogP contribution in [0, 0.1) is 0 Å². The summed E-state index contributed by atoms with van der Waals surface area (Å²) in [6.45, 7) is 0.456. The molecule has 2 aromatic rings. The molecule has 3 N–H and O–H groups in total. The summed E-state index contributed by atoms with van der Waals surface area (Å²) >= 11 is 0. The van der Waals surface area contributed by atoms with Crippen LogP contribution in [0.25, 0.3) is 0 Å². The molecule has 2 rings (SSSR count). The van der Waals surface area contributed by atoms with Gasteiger partial charge in [0.15, 0.2) is 0 Å². The third kappa shape index (κ3) is 3.25. The van der Waals surface area contributed by atoms with Crippen molar-refractivity contribution in [1.82, 2.24) is 5.32 Å². The Morgan fingerprint density at radius 2 is 1.84 bits per heavy atom. The Balaban J connectivity index is 2.03. The van der Waals surface area contributed by atoms with Crippen LogP contribution in [0.1, 0.15) is 15.9 Å². The Morgan fingerprint density at radius 1 is 1.16 bits per heavy atom. The van der Waals surface area contributed by atoms with E-state index in [4.69, 9.17) is 10.5 Å². The zero-order valence-electron chi connectivity index (χ0n) is 10.7. The van der Waals surface area contributed by atoms with Gasteiger partial charge in [-0.3, -0.25) is 4.79 Å². The number of nitrogen functional groups attached to an aromatic ring is 1. The van der Waals surface area contributed by atoms with E-state index in [0.717, 1.165) is 5.56 Å². The molecular weight excluding hydrogens is 240 g/mol. The molecule has 19 heavy (non-hydrogen) atoms. The fourth-order valence-corrected chi connectivity index (χ4v) is 1.75. The van der Waals surface area contributed by atoms with Crippen LogP contribution in [0.3, 0.4) is 0 Å². The number of ether oxygens (including phenoxy) is 1. The molecule has 1 amide bonds. The number of nitrogens with two attached hydrogens (primary N) is 1. The maximum atomic E-state index is 12.0. The number of para-hydroxylation sites is 1. The molecule has 0 bridgehead atoms. The fourth-order valence-electron chi connectivity index (χ4n) is 1.75. The van der Waals surface area contributed by atoms with E-state index in [0.29, 0.717) is 23.5 Å². The molecule has 2 aromatic carbocycles. The van der Waals surface area contributed by atoms with Crippen molar-refractivity contribution in [2.24, 2.45) is 0 Å². The number of hydrogen-bond acceptors (Lipinski definition) is 3. The first kappa shape index (κ1) is 13.0. The molecule has 0 aromatic heterocycles. The van der Waals surface area contributed by atoms with Crippen molar-refractivity contribution in [3.05, 3.63) is 59.7 Å². The molecule has 0 aliphatic carbocycles. The van der Waals surface area contributed by atoms with E-state index in [1.54, 1.807) is 25.3 Å². The van der Waals surface area contributed by atoms with Crippen molar-refractivity contribution in [3.63, 3.8) is 0 Å². The third-order valence-electron chi connectivity index (χ3n) is 2.78. The summed E-state index contributed by atoms with van der Waals surface area (Å²) in [5.74, 6) is 0.409. The molecule has 98 valence electrons. The van der Waals surface area contributed by atoms with Crippen LogP contribution < -0.4 is 15.8 Å². The average Bonchev–Trinajstić information content (AvgIpc) is 2.46. The first-order chi connectivity index (χ1) is 9.20. The second kappa shape index (κ2) is 5.91.